The standard InChI is InChI=1S/C24H28N4O3.H2/c1-3-31-24(30)25-14-17-7-6-12-28(15-17)23-18-11-10-16(2)13-20(18)26-22(27-23)19-8-4-5-9-21(19)29;/h4-5,8-11,13,17,29H,3,6-7,12,14-15H2,1-2H3,(H,25,30);1H/t17-;/m0./s1. The Kier molecular flexibility index (Phi) is 6.21. The average molecular weight is 423 g/mol. The Hall–Kier alpha value is -3.35. The van der Waals surface area contributed by atoms with E-state index in [-0.39, 0.29) is 13.3 Å². The lowest BCUT2D eigenvalue weighted by Crippen LogP contribution is -2.41. The second-order valence-electron chi connectivity index (χ2n) is 7.96. The van der Waals surface area contributed by atoms with Crippen LogP contribution in [-0.4, -0.2) is 47.4 Å². The predicted octanol–water partition coefficient (Wildman–Crippen LogP) is 4.52. The van der Waals surface area contributed by atoms with Crippen LogP contribution in [0.5, 0.6) is 5.75 Å². The summed E-state index contributed by atoms with van der Waals surface area (Å²) in [5.74, 6) is 1.85. The first kappa shape index (κ1) is 20.9. The zero-order chi connectivity index (χ0) is 21.8. The number of nitrogens with zero attached hydrogens (tertiary/aromatic N) is 3. The summed E-state index contributed by atoms with van der Waals surface area (Å²) in [6, 6.07) is 13.3. The van der Waals surface area contributed by atoms with Crippen molar-refractivity contribution in [2.75, 3.05) is 31.1 Å². The van der Waals surface area contributed by atoms with Gasteiger partial charge in [-0.25, -0.2) is 14.8 Å². The molecule has 0 spiro atoms. The van der Waals surface area contributed by atoms with Gasteiger partial charge in [-0.15, -0.1) is 0 Å². The molecule has 0 bridgehead atoms. The number of para-hydroxylation sites is 1. The third-order valence-corrected chi connectivity index (χ3v) is 5.61. The van der Waals surface area contributed by atoms with Crippen molar-refractivity contribution in [3.8, 4) is 17.1 Å². The van der Waals surface area contributed by atoms with E-state index in [2.05, 4.69) is 22.3 Å². The third-order valence-electron chi connectivity index (χ3n) is 5.61. The van der Waals surface area contributed by atoms with Crippen LogP contribution in [0.2, 0.25) is 0 Å². The molecule has 0 radical (unpaired) electrons. The Morgan fingerprint density at radius 3 is 2.94 bits per heavy atom. The fraction of sp³-hybridized carbons (Fsp3) is 0.375. The normalized spacial score (nSPS) is 16.3. The summed E-state index contributed by atoms with van der Waals surface area (Å²) in [4.78, 5) is 23.6. The van der Waals surface area contributed by atoms with Crippen LogP contribution >= 0.6 is 0 Å². The number of aryl methyl sites for hydroxylation is 1. The molecule has 0 aliphatic carbocycles. The van der Waals surface area contributed by atoms with Gasteiger partial charge in [-0.05, 0) is 62.4 Å². The number of phenolic OH excluding ortho intramolecular Hbond substituents is 1. The van der Waals surface area contributed by atoms with Crippen LogP contribution < -0.4 is 10.2 Å². The number of aromatic hydroxyl groups is 1. The number of piperidine rings is 1. The molecule has 1 aromatic heterocycles. The number of ether oxygens (including phenoxy) is 1. The van der Waals surface area contributed by atoms with Gasteiger partial charge in [0.2, 0.25) is 0 Å². The Labute approximate surface area is 183 Å². The maximum absolute atomic E-state index is 11.7. The van der Waals surface area contributed by atoms with Crippen LogP contribution in [0.1, 0.15) is 26.8 Å². The average Bonchev–Trinajstić information content (AvgIpc) is 2.77. The lowest BCUT2D eigenvalue weighted by Gasteiger charge is -2.34. The number of fused-ring (bicyclic) bond motifs is 1. The summed E-state index contributed by atoms with van der Waals surface area (Å²) in [5, 5.41) is 14.2. The number of aromatic nitrogens is 2. The Morgan fingerprint density at radius 2 is 2.13 bits per heavy atom. The monoisotopic (exact) mass is 422 g/mol. The summed E-state index contributed by atoms with van der Waals surface area (Å²) >= 11 is 0. The van der Waals surface area contributed by atoms with E-state index in [9.17, 15) is 9.90 Å². The Morgan fingerprint density at radius 1 is 1.29 bits per heavy atom. The highest BCUT2D eigenvalue weighted by molar-refractivity contribution is 5.92. The topological polar surface area (TPSA) is 87.6 Å². The summed E-state index contributed by atoms with van der Waals surface area (Å²) in [6.45, 7) is 6.45. The maximum atomic E-state index is 11.7. The number of rotatable bonds is 5. The number of carbonyl (C=O) groups excluding carboxylic acids is 1. The molecule has 164 valence electrons. The molecule has 2 N–H and O–H groups in total. The van der Waals surface area contributed by atoms with E-state index in [4.69, 9.17) is 14.7 Å². The molecule has 2 aromatic carbocycles. The second-order valence-corrected chi connectivity index (χ2v) is 7.96. The molecule has 2 heterocycles. The van der Waals surface area contributed by atoms with Crippen LogP contribution in [0.25, 0.3) is 22.3 Å². The largest absolute Gasteiger partial charge is 0.507 e. The van der Waals surface area contributed by atoms with Crippen molar-refractivity contribution in [2.24, 2.45) is 5.92 Å². The molecule has 1 aliphatic rings. The Balaban J connectivity index is 0.00000289. The molecular weight excluding hydrogens is 392 g/mol. The summed E-state index contributed by atoms with van der Waals surface area (Å²) in [6.07, 6.45) is 1.68. The van der Waals surface area contributed by atoms with E-state index in [0.717, 1.165) is 48.2 Å². The SMILES string of the molecule is CCOC(=O)NC[C@@H]1CCCN(c2nc(-c3ccccc3O)nc3cc(C)ccc23)C1.[HH]. The number of hydrogen-bond acceptors (Lipinski definition) is 6. The maximum Gasteiger partial charge on any atom is 0.407 e. The number of carbonyl (C=O) groups is 1. The van der Waals surface area contributed by atoms with Crippen LogP contribution in [0.15, 0.2) is 42.5 Å². The molecule has 0 unspecified atom stereocenters. The van der Waals surface area contributed by atoms with Gasteiger partial charge in [0.25, 0.3) is 0 Å². The molecule has 1 aliphatic heterocycles. The summed E-state index contributed by atoms with van der Waals surface area (Å²) in [7, 11) is 0. The van der Waals surface area contributed by atoms with E-state index < -0.39 is 0 Å². The second kappa shape index (κ2) is 9.20. The van der Waals surface area contributed by atoms with Crippen LogP contribution in [0.4, 0.5) is 10.6 Å². The van der Waals surface area contributed by atoms with Gasteiger partial charge in [0.1, 0.15) is 11.6 Å². The van der Waals surface area contributed by atoms with E-state index in [1.165, 1.54) is 0 Å². The van der Waals surface area contributed by atoms with Gasteiger partial charge in [-0.3, -0.25) is 0 Å². The van der Waals surface area contributed by atoms with Crippen LogP contribution in [0.3, 0.4) is 0 Å². The van der Waals surface area contributed by atoms with Crippen molar-refractivity contribution in [1.29, 1.82) is 0 Å². The molecule has 1 atom stereocenters. The van der Waals surface area contributed by atoms with Crippen molar-refractivity contribution >= 4 is 22.8 Å². The molecule has 4 rings (SSSR count). The van der Waals surface area contributed by atoms with E-state index >= 15 is 0 Å². The zero-order valence-electron chi connectivity index (χ0n) is 18.0. The van der Waals surface area contributed by atoms with Crippen molar-refractivity contribution < 1.29 is 16.1 Å². The molecule has 7 heteroatoms. The molecule has 0 saturated carbocycles. The third kappa shape index (κ3) is 4.71. The number of phenols is 1. The number of benzene rings is 2. The highest BCUT2D eigenvalue weighted by atomic mass is 16.5. The fourth-order valence-corrected chi connectivity index (χ4v) is 4.08. The van der Waals surface area contributed by atoms with Gasteiger partial charge in [0.15, 0.2) is 5.82 Å². The molecule has 1 saturated heterocycles. The van der Waals surface area contributed by atoms with E-state index in [1.54, 1.807) is 19.1 Å². The van der Waals surface area contributed by atoms with Crippen molar-refractivity contribution in [3.63, 3.8) is 0 Å². The number of anilines is 1. The number of alkyl carbamates (subject to hydrolysis) is 1. The van der Waals surface area contributed by atoms with Gasteiger partial charge < -0.3 is 20.1 Å². The minimum absolute atomic E-state index is 0. The molecule has 1 fully saturated rings. The van der Waals surface area contributed by atoms with Crippen LogP contribution in [0, 0.1) is 12.8 Å². The zero-order valence-corrected chi connectivity index (χ0v) is 18.0. The first-order valence-corrected chi connectivity index (χ1v) is 10.8. The van der Waals surface area contributed by atoms with Crippen LogP contribution in [-0.2, 0) is 4.74 Å². The summed E-state index contributed by atoms with van der Waals surface area (Å²) < 4.78 is 4.98. The van der Waals surface area contributed by atoms with Gasteiger partial charge in [0.05, 0.1) is 17.7 Å². The number of nitrogens with one attached hydrogen (secondary N) is 1. The van der Waals surface area contributed by atoms with Gasteiger partial charge in [-0.2, -0.15) is 0 Å². The van der Waals surface area contributed by atoms with Gasteiger partial charge >= 0.3 is 6.09 Å². The lowest BCUT2D eigenvalue weighted by atomic mass is 9.97. The molecule has 1 amide bonds. The predicted molar refractivity (Wildman–Crippen MR) is 123 cm³/mol. The number of hydrogen-bond donors (Lipinski definition) is 2. The van der Waals surface area contributed by atoms with E-state index in [1.807, 2.05) is 25.1 Å². The molecule has 3 aromatic rings. The first-order valence-electron chi connectivity index (χ1n) is 10.8. The van der Waals surface area contributed by atoms with Gasteiger partial charge in [-0.1, -0.05) is 18.2 Å². The van der Waals surface area contributed by atoms with Gasteiger partial charge in [0, 0.05) is 26.4 Å². The molecule has 7 nitrogen and oxygen atoms in total. The molecule has 31 heavy (non-hydrogen) atoms. The highest BCUT2D eigenvalue weighted by Gasteiger charge is 2.24. The quantitative estimate of drug-likeness (QED) is 0.629. The lowest BCUT2D eigenvalue weighted by molar-refractivity contribution is 0.150. The fourth-order valence-electron chi connectivity index (χ4n) is 4.08. The van der Waals surface area contributed by atoms with E-state index in [0.29, 0.717) is 30.5 Å². The minimum Gasteiger partial charge on any atom is -0.507 e. The smallest absolute Gasteiger partial charge is 0.407 e. The van der Waals surface area contributed by atoms with Crippen molar-refractivity contribution in [1.82, 2.24) is 15.3 Å². The summed E-state index contributed by atoms with van der Waals surface area (Å²) in [5.41, 5.74) is 2.59. The highest BCUT2D eigenvalue weighted by Crippen LogP contribution is 2.33. The van der Waals surface area contributed by atoms with Crippen molar-refractivity contribution in [3.05, 3.63) is 48.0 Å². The number of amides is 1. The minimum atomic E-state index is -0.371. The first-order chi connectivity index (χ1) is 15.0. The Bertz CT molecular complexity index is 1090. The molecular formula is C24H30N4O3. The van der Waals surface area contributed by atoms with Crippen molar-refractivity contribution in [2.45, 2.75) is 26.7 Å².